The number of rotatable bonds is 4. The Morgan fingerprint density at radius 1 is 0.481 bits per heavy atom. The Bertz CT molecular complexity index is 2830. The number of fused-ring (bicyclic) bond motifs is 10. The Balaban J connectivity index is 1.11. The summed E-state index contributed by atoms with van der Waals surface area (Å²) >= 11 is 0. The Hall–Kier alpha value is -6.84. The zero-order chi connectivity index (χ0) is 35.6. The molecule has 0 radical (unpaired) electrons. The van der Waals surface area contributed by atoms with Gasteiger partial charge in [-0.2, -0.15) is 0 Å². The van der Waals surface area contributed by atoms with Crippen molar-refractivity contribution < 1.29 is 4.74 Å². The molecule has 1 aliphatic heterocycles. The number of nitrogens with zero attached hydrogens (tertiary/aromatic N) is 2. The van der Waals surface area contributed by atoms with Gasteiger partial charge in [0.2, 0.25) is 0 Å². The van der Waals surface area contributed by atoms with Gasteiger partial charge in [0.15, 0.2) is 5.82 Å². The molecule has 0 unspecified atom stereocenters. The highest BCUT2D eigenvalue weighted by Gasteiger charge is 2.50. The van der Waals surface area contributed by atoms with Gasteiger partial charge in [-0.1, -0.05) is 164 Å². The van der Waals surface area contributed by atoms with E-state index in [1.165, 1.54) is 44.2 Å². The van der Waals surface area contributed by atoms with Gasteiger partial charge in [0, 0.05) is 22.3 Å². The molecule has 3 heteroatoms. The summed E-state index contributed by atoms with van der Waals surface area (Å²) < 4.78 is 6.87. The maximum absolute atomic E-state index is 6.87. The minimum atomic E-state index is -0.498. The van der Waals surface area contributed by atoms with Crippen LogP contribution in [0.1, 0.15) is 40.8 Å². The van der Waals surface area contributed by atoms with Crippen molar-refractivity contribution in [2.45, 2.75) is 18.3 Å². The van der Waals surface area contributed by atoms with Crippen LogP contribution in [-0.4, -0.2) is 9.97 Å². The summed E-state index contributed by atoms with van der Waals surface area (Å²) in [5, 5.41) is 2.37. The Labute approximate surface area is 314 Å². The third kappa shape index (κ3) is 4.55. The molecular formula is C51H34N2O. The molecule has 254 valence electrons. The lowest BCUT2D eigenvalue weighted by molar-refractivity contribution is 0.436. The fourth-order valence-electron chi connectivity index (χ4n) is 9.09. The van der Waals surface area contributed by atoms with Crippen LogP contribution in [-0.2, 0) is 5.41 Å². The molecule has 0 N–H and O–H groups in total. The molecule has 2 aliphatic carbocycles. The number of benzene rings is 7. The molecule has 8 aromatic rings. The van der Waals surface area contributed by atoms with Crippen LogP contribution in [0.2, 0.25) is 0 Å². The molecule has 0 saturated heterocycles. The SMILES string of the molecule is C1=CCCC(c2cc(-c3cccc4ccccc34)nc(-c3ccccc3-c3ccc4c(c3)Oc3ccccc3C43c4ccccc4-c4ccccc43)n2)=C1. The molecule has 2 heterocycles. The van der Waals surface area contributed by atoms with E-state index in [4.69, 9.17) is 14.7 Å². The number of para-hydroxylation sites is 1. The van der Waals surface area contributed by atoms with Crippen LogP contribution in [0.25, 0.3) is 61.2 Å². The Morgan fingerprint density at radius 2 is 1.11 bits per heavy atom. The normalized spacial score (nSPS) is 14.5. The van der Waals surface area contributed by atoms with Gasteiger partial charge in [0.25, 0.3) is 0 Å². The summed E-state index contributed by atoms with van der Waals surface area (Å²) in [6.07, 6.45) is 8.50. The van der Waals surface area contributed by atoms with Crippen LogP contribution in [0.5, 0.6) is 11.5 Å². The standard InChI is InChI=1S/C51H34N2O/c1-2-16-34(17-3-1)46-32-47(40-24-14-18-33-15-4-5-19-36(33)40)53-50(52-46)41-23-7-6-20-37(41)35-29-30-45-49(31-35)54-48-28-13-12-27-44(48)51(45)42-25-10-8-21-38(42)39-22-9-11-26-43(39)51/h1-2,4-16,18-32H,3,17H2. The minimum absolute atomic E-state index is 0.498. The van der Waals surface area contributed by atoms with Gasteiger partial charge < -0.3 is 4.74 Å². The van der Waals surface area contributed by atoms with Gasteiger partial charge in [0.05, 0.1) is 16.8 Å². The maximum Gasteiger partial charge on any atom is 0.161 e. The molecule has 0 saturated carbocycles. The van der Waals surface area contributed by atoms with Crippen LogP contribution in [0, 0.1) is 0 Å². The molecule has 11 rings (SSSR count). The van der Waals surface area contributed by atoms with Crippen molar-refractivity contribution in [1.29, 1.82) is 0 Å². The van der Waals surface area contributed by atoms with E-state index in [9.17, 15) is 0 Å². The lowest BCUT2D eigenvalue weighted by Gasteiger charge is -2.39. The van der Waals surface area contributed by atoms with Crippen LogP contribution in [0.3, 0.4) is 0 Å². The van der Waals surface area contributed by atoms with Gasteiger partial charge in [-0.05, 0) is 80.8 Å². The topological polar surface area (TPSA) is 35.0 Å². The number of aromatic nitrogens is 2. The first kappa shape index (κ1) is 30.8. The summed E-state index contributed by atoms with van der Waals surface area (Å²) in [5.41, 5.74) is 14.2. The van der Waals surface area contributed by atoms with Gasteiger partial charge in [-0.25, -0.2) is 9.97 Å². The van der Waals surface area contributed by atoms with Crippen LogP contribution >= 0.6 is 0 Å². The molecule has 1 spiro atoms. The second-order valence-electron chi connectivity index (χ2n) is 14.3. The van der Waals surface area contributed by atoms with Gasteiger partial charge in [0.1, 0.15) is 11.5 Å². The van der Waals surface area contributed by atoms with E-state index in [-0.39, 0.29) is 0 Å². The number of allylic oxidation sites excluding steroid dienone is 4. The highest BCUT2D eigenvalue weighted by atomic mass is 16.5. The maximum atomic E-state index is 6.87. The first-order valence-electron chi connectivity index (χ1n) is 18.7. The largest absolute Gasteiger partial charge is 0.457 e. The molecule has 3 nitrogen and oxygen atoms in total. The van der Waals surface area contributed by atoms with E-state index in [0.29, 0.717) is 5.82 Å². The zero-order valence-electron chi connectivity index (χ0n) is 29.5. The van der Waals surface area contributed by atoms with E-state index >= 15 is 0 Å². The Morgan fingerprint density at radius 3 is 1.91 bits per heavy atom. The third-order valence-electron chi connectivity index (χ3n) is 11.5. The average molecular weight is 691 g/mol. The van der Waals surface area contributed by atoms with Crippen molar-refractivity contribution in [3.05, 3.63) is 210 Å². The Kier molecular flexibility index (Phi) is 6.90. The van der Waals surface area contributed by atoms with E-state index < -0.39 is 5.41 Å². The van der Waals surface area contributed by atoms with Crippen molar-refractivity contribution in [2.24, 2.45) is 0 Å². The summed E-state index contributed by atoms with van der Waals surface area (Å²) in [4.78, 5) is 10.6. The summed E-state index contributed by atoms with van der Waals surface area (Å²) in [5.74, 6) is 2.45. The molecule has 7 aromatic carbocycles. The van der Waals surface area contributed by atoms with E-state index in [0.717, 1.165) is 63.5 Å². The molecular weight excluding hydrogens is 657 g/mol. The van der Waals surface area contributed by atoms with Crippen molar-refractivity contribution >= 4 is 16.3 Å². The molecule has 0 amide bonds. The molecule has 0 atom stereocenters. The fraction of sp³-hybridized carbons (Fsp3) is 0.0588. The number of hydrogen-bond acceptors (Lipinski definition) is 3. The van der Waals surface area contributed by atoms with Gasteiger partial charge >= 0.3 is 0 Å². The van der Waals surface area contributed by atoms with E-state index in [1.54, 1.807) is 0 Å². The van der Waals surface area contributed by atoms with Gasteiger partial charge in [-0.15, -0.1) is 0 Å². The van der Waals surface area contributed by atoms with Crippen LogP contribution < -0.4 is 4.74 Å². The summed E-state index contributed by atoms with van der Waals surface area (Å²) in [7, 11) is 0. The lowest BCUT2D eigenvalue weighted by atomic mass is 9.66. The molecule has 0 fully saturated rings. The number of hydrogen-bond donors (Lipinski definition) is 0. The average Bonchev–Trinajstić information content (AvgIpc) is 3.54. The fourth-order valence-corrected chi connectivity index (χ4v) is 9.09. The predicted molar refractivity (Wildman–Crippen MR) is 220 cm³/mol. The minimum Gasteiger partial charge on any atom is -0.457 e. The molecule has 1 aromatic heterocycles. The highest BCUT2D eigenvalue weighted by molar-refractivity contribution is 5.97. The molecule has 3 aliphatic rings. The molecule has 0 bridgehead atoms. The molecule has 54 heavy (non-hydrogen) atoms. The summed E-state index contributed by atoms with van der Waals surface area (Å²) in [6, 6.07) is 58.7. The third-order valence-corrected chi connectivity index (χ3v) is 11.5. The van der Waals surface area contributed by atoms with Crippen molar-refractivity contribution in [1.82, 2.24) is 9.97 Å². The van der Waals surface area contributed by atoms with Crippen LogP contribution in [0.15, 0.2) is 182 Å². The lowest BCUT2D eigenvalue weighted by Crippen LogP contribution is -2.32. The first-order chi connectivity index (χ1) is 26.8. The highest BCUT2D eigenvalue weighted by Crippen LogP contribution is 2.62. The predicted octanol–water partition coefficient (Wildman–Crippen LogP) is 12.8. The second-order valence-corrected chi connectivity index (χ2v) is 14.3. The quantitative estimate of drug-likeness (QED) is 0.184. The van der Waals surface area contributed by atoms with E-state index in [2.05, 4.69) is 182 Å². The van der Waals surface area contributed by atoms with Crippen molar-refractivity contribution in [2.75, 3.05) is 0 Å². The van der Waals surface area contributed by atoms with Crippen LogP contribution in [0.4, 0.5) is 0 Å². The second kappa shape index (κ2) is 12.1. The smallest absolute Gasteiger partial charge is 0.161 e. The van der Waals surface area contributed by atoms with Gasteiger partial charge in [-0.3, -0.25) is 0 Å². The zero-order valence-corrected chi connectivity index (χ0v) is 29.5. The van der Waals surface area contributed by atoms with Crippen molar-refractivity contribution in [3.63, 3.8) is 0 Å². The van der Waals surface area contributed by atoms with Crippen molar-refractivity contribution in [3.8, 4) is 56.4 Å². The summed E-state index contributed by atoms with van der Waals surface area (Å²) in [6.45, 7) is 0. The monoisotopic (exact) mass is 690 g/mol. The number of ether oxygens (including phenoxy) is 1. The van der Waals surface area contributed by atoms with E-state index in [1.807, 2.05) is 0 Å². The first-order valence-corrected chi connectivity index (χ1v) is 18.7.